The Kier molecular flexibility index (Phi) is 3.87. The maximum absolute atomic E-state index is 6.20. The number of hydrogen-bond donors (Lipinski definition) is 0. The zero-order chi connectivity index (χ0) is 9.90. The molecule has 0 spiro atoms. The van der Waals surface area contributed by atoms with Gasteiger partial charge in [-0.05, 0) is 32.6 Å². The number of halogens is 2. The van der Waals surface area contributed by atoms with Gasteiger partial charge in [-0.3, -0.25) is 0 Å². The van der Waals surface area contributed by atoms with E-state index in [1.807, 2.05) is 6.92 Å². The molecule has 1 unspecified atom stereocenters. The second kappa shape index (κ2) is 4.52. The maximum Gasteiger partial charge on any atom is 0.0203 e. The molecule has 13 heavy (non-hydrogen) atoms. The molecule has 0 nitrogen and oxygen atoms in total. The zero-order valence-electron chi connectivity index (χ0n) is 8.24. The second-order valence-electron chi connectivity index (χ2n) is 4.00. The second-order valence-corrected chi connectivity index (χ2v) is 5.00. The van der Waals surface area contributed by atoms with Crippen molar-refractivity contribution in [3.8, 4) is 0 Å². The lowest BCUT2D eigenvalue weighted by Gasteiger charge is -2.31. The molecule has 1 atom stereocenters. The molecule has 0 bridgehead atoms. The molecule has 1 aliphatic rings. The minimum absolute atomic E-state index is 0.135. The van der Waals surface area contributed by atoms with E-state index in [0.29, 0.717) is 0 Å². The Labute approximate surface area is 90.6 Å². The fourth-order valence-corrected chi connectivity index (χ4v) is 2.01. The van der Waals surface area contributed by atoms with Crippen LogP contribution in [-0.2, 0) is 0 Å². The summed E-state index contributed by atoms with van der Waals surface area (Å²) in [7, 11) is 0. The van der Waals surface area contributed by atoms with Crippen molar-refractivity contribution in [1.82, 2.24) is 0 Å². The Morgan fingerprint density at radius 3 is 2.92 bits per heavy atom. The van der Waals surface area contributed by atoms with Crippen LogP contribution in [0.5, 0.6) is 0 Å². The van der Waals surface area contributed by atoms with Crippen molar-refractivity contribution in [2.45, 2.75) is 39.5 Å². The topological polar surface area (TPSA) is 0 Å². The van der Waals surface area contributed by atoms with Gasteiger partial charge in [-0.2, -0.15) is 0 Å². The number of allylic oxidation sites excluding steroid dienone is 4. The smallest absolute Gasteiger partial charge is 0.0203 e. The van der Waals surface area contributed by atoms with Gasteiger partial charge in [-0.25, -0.2) is 0 Å². The van der Waals surface area contributed by atoms with Crippen LogP contribution in [0.3, 0.4) is 0 Å². The predicted molar refractivity (Wildman–Crippen MR) is 60.1 cm³/mol. The molecule has 0 radical (unpaired) electrons. The highest BCUT2D eigenvalue weighted by atomic mass is 35.5. The summed E-state index contributed by atoms with van der Waals surface area (Å²) in [5, 5.41) is 1.86. The SMILES string of the molecule is CC(Cl)=CCC1(C)CCCC=C1Cl. The molecule has 0 aromatic heterocycles. The van der Waals surface area contributed by atoms with Gasteiger partial charge >= 0.3 is 0 Å². The Hall–Kier alpha value is 0.0600. The van der Waals surface area contributed by atoms with E-state index in [9.17, 15) is 0 Å². The highest BCUT2D eigenvalue weighted by Gasteiger charge is 2.28. The fraction of sp³-hybridized carbons (Fsp3) is 0.636. The molecule has 0 N–H and O–H groups in total. The van der Waals surface area contributed by atoms with Gasteiger partial charge in [0.2, 0.25) is 0 Å². The minimum Gasteiger partial charge on any atom is -0.0898 e. The Morgan fingerprint density at radius 1 is 1.69 bits per heavy atom. The molecule has 1 rings (SSSR count). The average Bonchev–Trinajstić information content (AvgIpc) is 2.07. The van der Waals surface area contributed by atoms with Gasteiger partial charge in [-0.1, -0.05) is 42.3 Å². The Bertz CT molecular complexity index is 236. The summed E-state index contributed by atoms with van der Waals surface area (Å²) in [5.74, 6) is 0. The van der Waals surface area contributed by atoms with Crippen molar-refractivity contribution >= 4 is 23.2 Å². The lowest BCUT2D eigenvalue weighted by Crippen LogP contribution is -2.18. The molecule has 0 saturated carbocycles. The first-order valence-corrected chi connectivity index (χ1v) is 5.48. The molecule has 1 aliphatic carbocycles. The van der Waals surface area contributed by atoms with Crippen molar-refractivity contribution in [3.63, 3.8) is 0 Å². The van der Waals surface area contributed by atoms with Crippen molar-refractivity contribution in [1.29, 1.82) is 0 Å². The molecule has 0 aromatic carbocycles. The van der Waals surface area contributed by atoms with E-state index in [1.54, 1.807) is 0 Å². The molecule has 0 aliphatic heterocycles. The lowest BCUT2D eigenvalue weighted by molar-refractivity contribution is 0.359. The standard InChI is InChI=1S/C11H16Cl2/c1-9(12)6-8-11(2)7-4-3-5-10(11)13/h5-6H,3-4,7-8H2,1-2H3. The summed E-state index contributed by atoms with van der Waals surface area (Å²) in [6.45, 7) is 4.12. The number of hydrogen-bond acceptors (Lipinski definition) is 0. The van der Waals surface area contributed by atoms with E-state index >= 15 is 0 Å². The molecular formula is C11H16Cl2. The third kappa shape index (κ3) is 3.03. The van der Waals surface area contributed by atoms with Gasteiger partial charge in [0.15, 0.2) is 0 Å². The van der Waals surface area contributed by atoms with E-state index < -0.39 is 0 Å². The lowest BCUT2D eigenvalue weighted by atomic mass is 9.78. The summed E-state index contributed by atoms with van der Waals surface area (Å²) in [5.41, 5.74) is 0.135. The molecule has 0 heterocycles. The summed E-state index contributed by atoms with van der Waals surface area (Å²) >= 11 is 12.0. The summed E-state index contributed by atoms with van der Waals surface area (Å²) in [4.78, 5) is 0. The van der Waals surface area contributed by atoms with E-state index in [-0.39, 0.29) is 5.41 Å². The minimum atomic E-state index is 0.135. The normalized spacial score (nSPS) is 30.2. The molecular weight excluding hydrogens is 203 g/mol. The first kappa shape index (κ1) is 11.1. The van der Waals surface area contributed by atoms with Gasteiger partial charge in [0.05, 0.1) is 0 Å². The molecule has 0 amide bonds. The quantitative estimate of drug-likeness (QED) is 0.623. The fourth-order valence-electron chi connectivity index (χ4n) is 1.65. The molecule has 0 fully saturated rings. The molecule has 2 heteroatoms. The number of rotatable bonds is 2. The average molecular weight is 219 g/mol. The molecule has 74 valence electrons. The van der Waals surface area contributed by atoms with Crippen LogP contribution >= 0.6 is 23.2 Å². The Balaban J connectivity index is 2.69. The van der Waals surface area contributed by atoms with E-state index in [2.05, 4.69) is 19.1 Å². The summed E-state index contributed by atoms with van der Waals surface area (Å²) in [6.07, 6.45) is 8.69. The van der Waals surface area contributed by atoms with Crippen LogP contribution < -0.4 is 0 Å². The monoisotopic (exact) mass is 218 g/mol. The first-order chi connectivity index (χ1) is 6.04. The Morgan fingerprint density at radius 2 is 2.38 bits per heavy atom. The van der Waals surface area contributed by atoms with Crippen LogP contribution in [0.15, 0.2) is 22.2 Å². The van der Waals surface area contributed by atoms with Crippen molar-refractivity contribution in [3.05, 3.63) is 22.2 Å². The highest BCUT2D eigenvalue weighted by molar-refractivity contribution is 6.30. The van der Waals surface area contributed by atoms with Crippen LogP contribution in [0.2, 0.25) is 0 Å². The zero-order valence-corrected chi connectivity index (χ0v) is 9.75. The van der Waals surface area contributed by atoms with E-state index in [1.165, 1.54) is 12.8 Å². The van der Waals surface area contributed by atoms with Crippen LogP contribution in [0.4, 0.5) is 0 Å². The third-order valence-corrected chi connectivity index (χ3v) is 3.43. The summed E-state index contributed by atoms with van der Waals surface area (Å²) in [6, 6.07) is 0. The highest BCUT2D eigenvalue weighted by Crippen LogP contribution is 2.42. The van der Waals surface area contributed by atoms with E-state index in [4.69, 9.17) is 23.2 Å². The largest absolute Gasteiger partial charge is 0.0898 e. The predicted octanol–water partition coefficient (Wildman–Crippen LogP) is 4.83. The van der Waals surface area contributed by atoms with Gasteiger partial charge in [0, 0.05) is 15.5 Å². The van der Waals surface area contributed by atoms with Gasteiger partial charge in [0.25, 0.3) is 0 Å². The molecule has 0 saturated heterocycles. The van der Waals surface area contributed by atoms with Crippen molar-refractivity contribution in [2.24, 2.45) is 5.41 Å². The van der Waals surface area contributed by atoms with Crippen LogP contribution in [0.1, 0.15) is 39.5 Å². The molecule has 0 aromatic rings. The van der Waals surface area contributed by atoms with Crippen molar-refractivity contribution in [2.75, 3.05) is 0 Å². The summed E-state index contributed by atoms with van der Waals surface area (Å²) < 4.78 is 0. The van der Waals surface area contributed by atoms with Crippen LogP contribution in [0.25, 0.3) is 0 Å². The van der Waals surface area contributed by atoms with Crippen LogP contribution in [-0.4, -0.2) is 0 Å². The van der Waals surface area contributed by atoms with Gasteiger partial charge in [0.1, 0.15) is 0 Å². The van der Waals surface area contributed by atoms with Gasteiger partial charge < -0.3 is 0 Å². The first-order valence-electron chi connectivity index (χ1n) is 4.73. The third-order valence-electron chi connectivity index (χ3n) is 2.67. The van der Waals surface area contributed by atoms with Crippen molar-refractivity contribution < 1.29 is 0 Å². The van der Waals surface area contributed by atoms with Gasteiger partial charge in [-0.15, -0.1) is 0 Å². The van der Waals surface area contributed by atoms with Crippen LogP contribution in [0, 0.1) is 5.41 Å². The maximum atomic E-state index is 6.20. The van der Waals surface area contributed by atoms with E-state index in [0.717, 1.165) is 22.9 Å².